The van der Waals surface area contributed by atoms with Crippen LogP contribution in [0.1, 0.15) is 32.1 Å². The minimum Gasteiger partial charge on any atom is -0.393 e. The van der Waals surface area contributed by atoms with Gasteiger partial charge in [0.05, 0.1) is 25.4 Å². The van der Waals surface area contributed by atoms with E-state index >= 15 is 0 Å². The molecule has 26 heavy (non-hydrogen) atoms. The predicted molar refractivity (Wildman–Crippen MR) is 89.8 cm³/mol. The van der Waals surface area contributed by atoms with E-state index in [4.69, 9.17) is 4.74 Å². The van der Waals surface area contributed by atoms with Crippen LogP contribution in [0, 0.1) is 0 Å². The third kappa shape index (κ3) is 4.98. The predicted octanol–water partition coefficient (Wildman–Crippen LogP) is -0.946. The average molecular weight is 366 g/mol. The van der Waals surface area contributed by atoms with Gasteiger partial charge in [0.25, 0.3) is 0 Å². The molecule has 10 nitrogen and oxygen atoms in total. The Labute approximate surface area is 152 Å². The Morgan fingerprint density at radius 1 is 1.19 bits per heavy atom. The summed E-state index contributed by atoms with van der Waals surface area (Å²) in [5.41, 5.74) is 0. The van der Waals surface area contributed by atoms with E-state index < -0.39 is 0 Å². The summed E-state index contributed by atoms with van der Waals surface area (Å²) in [4.78, 5) is 28.7. The molecule has 3 rings (SSSR count). The molecular weight excluding hydrogens is 340 g/mol. The fraction of sp³-hybridized carbons (Fsp3) is 0.812. The Bertz CT molecular complexity index is 588. The van der Waals surface area contributed by atoms with Crippen LogP contribution in [0.15, 0.2) is 6.33 Å². The molecule has 0 spiro atoms. The molecular formula is C16H26N6O4. The quantitative estimate of drug-likeness (QED) is 0.691. The number of amides is 2. The summed E-state index contributed by atoms with van der Waals surface area (Å²) < 4.78 is 7.09. The molecule has 144 valence electrons. The van der Waals surface area contributed by atoms with Crippen molar-refractivity contribution in [3.63, 3.8) is 0 Å². The van der Waals surface area contributed by atoms with Crippen LogP contribution in [-0.4, -0.2) is 91.9 Å². The van der Waals surface area contributed by atoms with Crippen molar-refractivity contribution in [2.75, 3.05) is 32.8 Å². The number of hydrogen-bond donors (Lipinski definition) is 1. The van der Waals surface area contributed by atoms with Crippen molar-refractivity contribution in [1.82, 2.24) is 30.0 Å². The highest BCUT2D eigenvalue weighted by molar-refractivity contribution is 5.80. The number of aryl methyl sites for hydroxylation is 1. The lowest BCUT2D eigenvalue weighted by Crippen LogP contribution is -2.51. The maximum absolute atomic E-state index is 12.6. The Morgan fingerprint density at radius 3 is 2.73 bits per heavy atom. The van der Waals surface area contributed by atoms with Gasteiger partial charge in [-0.1, -0.05) is 0 Å². The minimum absolute atomic E-state index is 0.0267. The van der Waals surface area contributed by atoms with E-state index in [1.54, 1.807) is 14.5 Å². The van der Waals surface area contributed by atoms with Gasteiger partial charge in [0.2, 0.25) is 11.8 Å². The highest BCUT2D eigenvalue weighted by Gasteiger charge is 2.31. The topological polar surface area (TPSA) is 114 Å². The lowest BCUT2D eigenvalue weighted by Gasteiger charge is -2.37. The van der Waals surface area contributed by atoms with Crippen molar-refractivity contribution in [3.8, 4) is 0 Å². The fourth-order valence-corrected chi connectivity index (χ4v) is 3.42. The van der Waals surface area contributed by atoms with Gasteiger partial charge in [-0.15, -0.1) is 5.10 Å². The van der Waals surface area contributed by atoms with E-state index in [1.807, 2.05) is 0 Å². The highest BCUT2D eigenvalue weighted by Crippen LogP contribution is 2.17. The zero-order valence-electron chi connectivity index (χ0n) is 14.9. The number of piperidine rings is 1. The van der Waals surface area contributed by atoms with E-state index in [1.165, 1.54) is 6.33 Å². The summed E-state index contributed by atoms with van der Waals surface area (Å²) in [6.07, 6.45) is 3.76. The molecule has 0 saturated carbocycles. The van der Waals surface area contributed by atoms with Crippen molar-refractivity contribution in [2.45, 2.75) is 50.8 Å². The summed E-state index contributed by atoms with van der Waals surface area (Å²) in [6, 6.07) is -0.219. The molecule has 2 amide bonds. The van der Waals surface area contributed by atoms with Crippen molar-refractivity contribution >= 4 is 11.8 Å². The third-order valence-electron chi connectivity index (χ3n) is 4.94. The monoisotopic (exact) mass is 366 g/mol. The van der Waals surface area contributed by atoms with Crippen LogP contribution in [0.3, 0.4) is 0 Å². The average Bonchev–Trinajstić information content (AvgIpc) is 3.16. The van der Waals surface area contributed by atoms with Crippen molar-refractivity contribution in [2.24, 2.45) is 0 Å². The molecule has 0 aromatic carbocycles. The van der Waals surface area contributed by atoms with Crippen LogP contribution in [-0.2, 0) is 20.9 Å². The molecule has 2 saturated heterocycles. The van der Waals surface area contributed by atoms with Gasteiger partial charge in [0.15, 0.2) is 0 Å². The third-order valence-corrected chi connectivity index (χ3v) is 4.94. The maximum Gasteiger partial charge on any atom is 0.224 e. The van der Waals surface area contributed by atoms with Gasteiger partial charge in [0.1, 0.15) is 6.33 Å². The first-order valence-electron chi connectivity index (χ1n) is 9.17. The Kier molecular flexibility index (Phi) is 6.51. The summed E-state index contributed by atoms with van der Waals surface area (Å²) in [7, 11) is 0. The fourth-order valence-electron chi connectivity index (χ4n) is 3.42. The molecule has 1 aromatic heterocycles. The molecule has 1 aromatic rings. The number of carbonyl (C=O) groups is 2. The summed E-state index contributed by atoms with van der Waals surface area (Å²) >= 11 is 0. The normalized spacial score (nSPS) is 21.8. The maximum atomic E-state index is 12.6. The van der Waals surface area contributed by atoms with E-state index in [2.05, 4.69) is 15.5 Å². The molecule has 2 aliphatic rings. The van der Waals surface area contributed by atoms with Gasteiger partial charge in [0, 0.05) is 39.0 Å². The number of rotatable bonds is 6. The first-order valence-corrected chi connectivity index (χ1v) is 9.17. The SMILES string of the molecule is O=C(C[C@@H]1COCCN1C(=O)CCCn1cnnn1)N1CCC(O)CC1. The lowest BCUT2D eigenvalue weighted by atomic mass is 10.1. The lowest BCUT2D eigenvalue weighted by molar-refractivity contribution is -0.144. The first kappa shape index (κ1) is 18.7. The van der Waals surface area contributed by atoms with Crippen molar-refractivity contribution in [1.29, 1.82) is 0 Å². The second kappa shape index (κ2) is 9.04. The van der Waals surface area contributed by atoms with Crippen LogP contribution in [0.5, 0.6) is 0 Å². The number of morpholine rings is 1. The summed E-state index contributed by atoms with van der Waals surface area (Å²) in [6.45, 7) is 3.14. The number of aliphatic hydroxyl groups excluding tert-OH is 1. The number of ether oxygens (including phenoxy) is 1. The van der Waals surface area contributed by atoms with Crippen LogP contribution >= 0.6 is 0 Å². The number of likely N-dealkylation sites (tertiary alicyclic amines) is 1. The van der Waals surface area contributed by atoms with Gasteiger partial charge in [-0.3, -0.25) is 9.59 Å². The Balaban J connectivity index is 1.48. The first-order chi connectivity index (χ1) is 12.6. The van der Waals surface area contributed by atoms with Gasteiger partial charge >= 0.3 is 0 Å². The zero-order valence-corrected chi connectivity index (χ0v) is 14.9. The zero-order chi connectivity index (χ0) is 18.4. The van der Waals surface area contributed by atoms with Gasteiger partial charge in [-0.2, -0.15) is 0 Å². The molecule has 0 aliphatic carbocycles. The van der Waals surface area contributed by atoms with Crippen LogP contribution in [0.25, 0.3) is 0 Å². The smallest absolute Gasteiger partial charge is 0.224 e. The number of hydrogen-bond acceptors (Lipinski definition) is 7. The second-order valence-corrected chi connectivity index (χ2v) is 6.81. The molecule has 0 unspecified atom stereocenters. The standard InChI is InChI=1S/C16H26N6O4/c23-14-3-6-20(7-4-14)16(25)10-13-11-26-9-8-22(13)15(24)2-1-5-21-12-17-18-19-21/h12-14,23H,1-11H2/t13-/m1/s1. The largest absolute Gasteiger partial charge is 0.393 e. The molecule has 2 aliphatic heterocycles. The summed E-state index contributed by atoms with van der Waals surface area (Å²) in [5, 5.41) is 20.5. The van der Waals surface area contributed by atoms with Crippen LogP contribution < -0.4 is 0 Å². The molecule has 0 radical (unpaired) electrons. The summed E-state index contributed by atoms with van der Waals surface area (Å²) in [5.74, 6) is 0.0622. The van der Waals surface area contributed by atoms with E-state index in [0.717, 1.165) is 0 Å². The molecule has 0 bridgehead atoms. The molecule has 3 heterocycles. The van der Waals surface area contributed by atoms with Gasteiger partial charge in [-0.25, -0.2) is 4.68 Å². The van der Waals surface area contributed by atoms with Crippen molar-refractivity contribution < 1.29 is 19.4 Å². The molecule has 1 N–H and O–H groups in total. The number of nitrogens with zero attached hydrogens (tertiary/aromatic N) is 6. The second-order valence-electron chi connectivity index (χ2n) is 6.81. The van der Waals surface area contributed by atoms with Crippen LogP contribution in [0.4, 0.5) is 0 Å². The Morgan fingerprint density at radius 2 is 2.00 bits per heavy atom. The number of tetrazole rings is 1. The van der Waals surface area contributed by atoms with E-state index in [0.29, 0.717) is 65.1 Å². The van der Waals surface area contributed by atoms with Crippen molar-refractivity contribution in [3.05, 3.63) is 6.33 Å². The van der Waals surface area contributed by atoms with E-state index in [9.17, 15) is 14.7 Å². The van der Waals surface area contributed by atoms with Gasteiger partial charge in [-0.05, 0) is 29.7 Å². The number of aromatic nitrogens is 4. The minimum atomic E-state index is -0.310. The van der Waals surface area contributed by atoms with Crippen LogP contribution in [0.2, 0.25) is 0 Å². The highest BCUT2D eigenvalue weighted by atomic mass is 16.5. The molecule has 10 heteroatoms. The Hall–Kier alpha value is -2.07. The molecule has 1 atom stereocenters. The number of carbonyl (C=O) groups excluding carboxylic acids is 2. The number of aliphatic hydroxyl groups is 1. The van der Waals surface area contributed by atoms with E-state index in [-0.39, 0.29) is 30.4 Å². The molecule has 2 fully saturated rings. The van der Waals surface area contributed by atoms with Gasteiger partial charge < -0.3 is 19.6 Å².